The maximum absolute atomic E-state index is 3.50. The Morgan fingerprint density at radius 1 is 0.591 bits per heavy atom. The summed E-state index contributed by atoms with van der Waals surface area (Å²) < 4.78 is 0. The minimum atomic E-state index is 0.811. The molecule has 4 heteroatoms. The molecule has 0 rings (SSSR count). The first-order valence-corrected chi connectivity index (χ1v) is 9.60. The van der Waals surface area contributed by atoms with Crippen LogP contribution in [0.3, 0.4) is 0 Å². The van der Waals surface area contributed by atoms with Gasteiger partial charge in [-0.25, -0.2) is 0 Å². The van der Waals surface area contributed by atoms with Crippen LogP contribution in [-0.2, 0) is 0 Å². The van der Waals surface area contributed by atoms with E-state index in [0.717, 1.165) is 58.3 Å². The fourth-order valence-electron chi connectivity index (χ4n) is 1.96. The summed E-state index contributed by atoms with van der Waals surface area (Å²) >= 11 is 0. The molecule has 0 fully saturated rings. The molecular formula is C18H44N4. The van der Waals surface area contributed by atoms with E-state index in [4.69, 9.17) is 0 Å². The molecular weight excluding hydrogens is 272 g/mol. The van der Waals surface area contributed by atoms with E-state index in [0.29, 0.717) is 0 Å². The zero-order valence-electron chi connectivity index (χ0n) is 16.1. The second-order valence-corrected chi connectivity index (χ2v) is 5.85. The molecule has 0 heterocycles. The van der Waals surface area contributed by atoms with Crippen LogP contribution in [0.15, 0.2) is 0 Å². The van der Waals surface area contributed by atoms with E-state index in [1.54, 1.807) is 0 Å². The lowest BCUT2D eigenvalue weighted by molar-refractivity contribution is 0.519. The van der Waals surface area contributed by atoms with Gasteiger partial charge >= 0.3 is 0 Å². The Morgan fingerprint density at radius 2 is 0.955 bits per heavy atom. The third kappa shape index (κ3) is 24.8. The van der Waals surface area contributed by atoms with Crippen molar-refractivity contribution in [1.82, 2.24) is 21.3 Å². The Morgan fingerprint density at radius 3 is 1.32 bits per heavy atom. The van der Waals surface area contributed by atoms with Crippen LogP contribution in [0.1, 0.15) is 60.3 Å². The lowest BCUT2D eigenvalue weighted by Gasteiger charge is -2.08. The van der Waals surface area contributed by atoms with Gasteiger partial charge in [0.05, 0.1) is 0 Å². The van der Waals surface area contributed by atoms with Crippen LogP contribution in [0.4, 0.5) is 0 Å². The van der Waals surface area contributed by atoms with E-state index in [-0.39, 0.29) is 0 Å². The summed E-state index contributed by atoms with van der Waals surface area (Å²) in [6, 6.07) is 0. The Balaban J connectivity index is 0. The molecule has 0 amide bonds. The van der Waals surface area contributed by atoms with Crippen molar-refractivity contribution in [3.8, 4) is 0 Å². The van der Waals surface area contributed by atoms with Gasteiger partial charge < -0.3 is 21.3 Å². The van der Waals surface area contributed by atoms with Gasteiger partial charge in [-0.05, 0) is 84.0 Å². The summed E-state index contributed by atoms with van der Waals surface area (Å²) in [4.78, 5) is 0. The second-order valence-electron chi connectivity index (χ2n) is 5.85. The number of hydrogen-bond donors (Lipinski definition) is 4. The van der Waals surface area contributed by atoms with Gasteiger partial charge in [0.15, 0.2) is 0 Å². The predicted molar refractivity (Wildman–Crippen MR) is 102 cm³/mol. The van der Waals surface area contributed by atoms with E-state index < -0.39 is 0 Å². The molecule has 136 valence electrons. The van der Waals surface area contributed by atoms with Crippen LogP contribution in [0.25, 0.3) is 0 Å². The molecule has 0 bridgehead atoms. The SMILES string of the molecule is CC.CCNCCCNCCCNCCCNCCC(C)C. The Hall–Kier alpha value is -0.160. The van der Waals surface area contributed by atoms with Gasteiger partial charge in [0.25, 0.3) is 0 Å². The van der Waals surface area contributed by atoms with Crippen LogP contribution < -0.4 is 21.3 Å². The molecule has 0 aromatic rings. The van der Waals surface area contributed by atoms with Crippen LogP contribution >= 0.6 is 0 Å². The molecule has 0 saturated heterocycles. The van der Waals surface area contributed by atoms with Gasteiger partial charge in [0, 0.05) is 0 Å². The van der Waals surface area contributed by atoms with Crippen LogP contribution in [0.2, 0.25) is 0 Å². The molecule has 0 aromatic carbocycles. The van der Waals surface area contributed by atoms with Crippen molar-refractivity contribution in [2.24, 2.45) is 5.92 Å². The molecule has 0 radical (unpaired) electrons. The Labute approximate surface area is 140 Å². The Bertz CT molecular complexity index is 174. The smallest absolute Gasteiger partial charge is 0.00368 e. The van der Waals surface area contributed by atoms with E-state index in [1.165, 1.54) is 25.7 Å². The normalized spacial score (nSPS) is 10.6. The fourth-order valence-corrected chi connectivity index (χ4v) is 1.96. The predicted octanol–water partition coefficient (Wildman–Crippen LogP) is 2.61. The van der Waals surface area contributed by atoms with Crippen molar-refractivity contribution in [3.63, 3.8) is 0 Å². The van der Waals surface area contributed by atoms with Crippen LogP contribution in [0.5, 0.6) is 0 Å². The highest BCUT2D eigenvalue weighted by molar-refractivity contribution is 4.56. The van der Waals surface area contributed by atoms with Gasteiger partial charge in [-0.15, -0.1) is 0 Å². The number of rotatable bonds is 16. The van der Waals surface area contributed by atoms with Crippen molar-refractivity contribution >= 4 is 0 Å². The molecule has 4 N–H and O–H groups in total. The quantitative estimate of drug-likeness (QED) is 0.331. The molecule has 4 nitrogen and oxygen atoms in total. The summed E-state index contributed by atoms with van der Waals surface area (Å²) in [5, 5.41) is 13.8. The second kappa shape index (κ2) is 23.1. The molecule has 0 aliphatic heterocycles. The summed E-state index contributed by atoms with van der Waals surface area (Å²) in [5.41, 5.74) is 0. The minimum Gasteiger partial charge on any atom is -0.317 e. The largest absolute Gasteiger partial charge is 0.317 e. The van der Waals surface area contributed by atoms with Gasteiger partial charge in [-0.1, -0.05) is 34.6 Å². The van der Waals surface area contributed by atoms with Crippen molar-refractivity contribution in [2.75, 3.05) is 52.4 Å². The standard InChI is InChI=1S/C16H38N4.C2H6/c1-4-17-9-5-10-18-11-6-12-19-13-7-14-20-15-8-16(2)3;1-2/h16-20H,4-15H2,1-3H3;1-2H3. The lowest BCUT2D eigenvalue weighted by atomic mass is 10.1. The summed E-state index contributed by atoms with van der Waals surface area (Å²) in [6.07, 6.45) is 4.96. The van der Waals surface area contributed by atoms with Crippen molar-refractivity contribution in [3.05, 3.63) is 0 Å². The van der Waals surface area contributed by atoms with Gasteiger partial charge in [0.1, 0.15) is 0 Å². The highest BCUT2D eigenvalue weighted by atomic mass is 14.9. The van der Waals surface area contributed by atoms with Gasteiger partial charge in [-0.3, -0.25) is 0 Å². The third-order valence-electron chi connectivity index (χ3n) is 3.27. The number of hydrogen-bond acceptors (Lipinski definition) is 4. The highest BCUT2D eigenvalue weighted by Gasteiger charge is 1.93. The average molecular weight is 317 g/mol. The molecule has 0 aliphatic rings. The summed E-state index contributed by atoms with van der Waals surface area (Å²) in [5.74, 6) is 0.811. The van der Waals surface area contributed by atoms with E-state index >= 15 is 0 Å². The van der Waals surface area contributed by atoms with E-state index in [9.17, 15) is 0 Å². The molecule has 0 atom stereocenters. The molecule has 22 heavy (non-hydrogen) atoms. The summed E-state index contributed by atoms with van der Waals surface area (Å²) in [7, 11) is 0. The van der Waals surface area contributed by atoms with Crippen molar-refractivity contribution in [2.45, 2.75) is 60.3 Å². The first-order chi connectivity index (χ1) is 10.8. The van der Waals surface area contributed by atoms with Crippen LogP contribution in [-0.4, -0.2) is 52.4 Å². The van der Waals surface area contributed by atoms with Crippen molar-refractivity contribution < 1.29 is 0 Å². The first-order valence-electron chi connectivity index (χ1n) is 9.60. The molecule has 0 saturated carbocycles. The topological polar surface area (TPSA) is 48.1 Å². The fraction of sp³-hybridized carbons (Fsp3) is 1.00. The van der Waals surface area contributed by atoms with Gasteiger partial charge in [0.2, 0.25) is 0 Å². The summed E-state index contributed by atoms with van der Waals surface area (Å²) in [6.45, 7) is 19.7. The van der Waals surface area contributed by atoms with Crippen molar-refractivity contribution in [1.29, 1.82) is 0 Å². The maximum atomic E-state index is 3.50. The first kappa shape index (κ1) is 24.1. The zero-order chi connectivity index (χ0) is 16.9. The van der Waals surface area contributed by atoms with E-state index in [2.05, 4.69) is 42.0 Å². The highest BCUT2D eigenvalue weighted by Crippen LogP contribution is 1.95. The Kier molecular flexibility index (Phi) is 25.3. The molecule has 0 spiro atoms. The third-order valence-corrected chi connectivity index (χ3v) is 3.27. The zero-order valence-corrected chi connectivity index (χ0v) is 16.1. The molecule has 0 unspecified atom stereocenters. The minimum absolute atomic E-state index is 0.811. The van der Waals surface area contributed by atoms with Gasteiger partial charge in [-0.2, -0.15) is 0 Å². The number of nitrogens with one attached hydrogen (secondary N) is 4. The maximum Gasteiger partial charge on any atom is -0.00368 e. The van der Waals surface area contributed by atoms with E-state index in [1.807, 2.05) is 13.8 Å². The molecule has 0 aliphatic carbocycles. The monoisotopic (exact) mass is 316 g/mol. The van der Waals surface area contributed by atoms with Crippen LogP contribution in [0, 0.1) is 5.92 Å². The molecule has 0 aromatic heterocycles. The lowest BCUT2D eigenvalue weighted by Crippen LogP contribution is -2.27. The average Bonchev–Trinajstić information content (AvgIpc) is 2.53.